The number of hydrogen-bond acceptors (Lipinski definition) is 3. The topological polar surface area (TPSA) is 38.9 Å². The maximum absolute atomic E-state index is 13.9. The Bertz CT molecular complexity index is 765. The van der Waals surface area contributed by atoms with Gasteiger partial charge >= 0.3 is 0 Å². The lowest BCUT2D eigenvalue weighted by atomic mass is 10.1. The van der Waals surface area contributed by atoms with Gasteiger partial charge in [-0.25, -0.2) is 9.37 Å². The van der Waals surface area contributed by atoms with Crippen molar-refractivity contribution in [2.24, 2.45) is 0 Å². The number of nitrogens with two attached hydrogens (primary N) is 1. The van der Waals surface area contributed by atoms with Crippen molar-refractivity contribution in [1.82, 2.24) is 4.98 Å². The van der Waals surface area contributed by atoms with Crippen LogP contribution in [0.5, 0.6) is 0 Å². The summed E-state index contributed by atoms with van der Waals surface area (Å²) in [7, 11) is 0. The zero-order chi connectivity index (χ0) is 14.1. The van der Waals surface area contributed by atoms with Crippen molar-refractivity contribution in [3.63, 3.8) is 0 Å². The Morgan fingerprint density at radius 1 is 1.10 bits per heavy atom. The van der Waals surface area contributed by atoms with Crippen molar-refractivity contribution >= 4 is 17.0 Å². The number of benzene rings is 2. The maximum atomic E-state index is 13.9. The van der Waals surface area contributed by atoms with E-state index < -0.39 is 0 Å². The Morgan fingerprint density at radius 2 is 1.90 bits per heavy atom. The van der Waals surface area contributed by atoms with Gasteiger partial charge in [-0.1, -0.05) is 30.3 Å². The standard InChI is InChI=1S/C16H13FN2S/c1-10-15(13-7-2-3-8-14(13)17)20-16(19-10)11-5-4-6-12(18)9-11/h2-9H,18H2,1H3. The minimum atomic E-state index is -0.224. The maximum Gasteiger partial charge on any atom is 0.131 e. The van der Waals surface area contributed by atoms with Crippen molar-refractivity contribution in [3.05, 3.63) is 60.0 Å². The van der Waals surface area contributed by atoms with Crippen LogP contribution in [-0.4, -0.2) is 4.98 Å². The number of halogens is 1. The second-order valence-electron chi connectivity index (χ2n) is 4.54. The minimum absolute atomic E-state index is 0.224. The Kier molecular flexibility index (Phi) is 3.24. The quantitative estimate of drug-likeness (QED) is 0.703. The molecule has 2 N–H and O–H groups in total. The van der Waals surface area contributed by atoms with Gasteiger partial charge in [-0.05, 0) is 25.1 Å². The highest BCUT2D eigenvalue weighted by atomic mass is 32.1. The van der Waals surface area contributed by atoms with Crippen molar-refractivity contribution < 1.29 is 4.39 Å². The fourth-order valence-electron chi connectivity index (χ4n) is 2.09. The number of nitrogens with zero attached hydrogens (tertiary/aromatic N) is 1. The van der Waals surface area contributed by atoms with E-state index in [1.165, 1.54) is 17.4 Å². The number of aryl methyl sites for hydroxylation is 1. The van der Waals surface area contributed by atoms with Gasteiger partial charge in [0, 0.05) is 16.8 Å². The molecule has 0 amide bonds. The van der Waals surface area contributed by atoms with Gasteiger partial charge < -0.3 is 5.73 Å². The second-order valence-corrected chi connectivity index (χ2v) is 5.54. The van der Waals surface area contributed by atoms with Gasteiger partial charge in [-0.2, -0.15) is 0 Å². The van der Waals surface area contributed by atoms with Crippen LogP contribution >= 0.6 is 11.3 Å². The summed E-state index contributed by atoms with van der Waals surface area (Å²) in [4.78, 5) is 5.40. The lowest BCUT2D eigenvalue weighted by molar-refractivity contribution is 0.631. The Hall–Kier alpha value is -2.20. The molecule has 0 atom stereocenters. The number of nitrogen functional groups attached to an aromatic ring is 1. The van der Waals surface area contributed by atoms with E-state index >= 15 is 0 Å². The smallest absolute Gasteiger partial charge is 0.131 e. The summed E-state index contributed by atoms with van der Waals surface area (Å²) in [5, 5.41) is 0.855. The van der Waals surface area contributed by atoms with Crippen LogP contribution < -0.4 is 5.73 Å². The van der Waals surface area contributed by atoms with E-state index in [0.29, 0.717) is 11.3 Å². The third kappa shape index (κ3) is 2.30. The molecule has 0 unspecified atom stereocenters. The summed E-state index contributed by atoms with van der Waals surface area (Å²) >= 11 is 1.48. The number of rotatable bonds is 2. The average molecular weight is 284 g/mol. The van der Waals surface area contributed by atoms with Gasteiger partial charge in [0.15, 0.2) is 0 Å². The van der Waals surface area contributed by atoms with E-state index in [0.717, 1.165) is 21.1 Å². The van der Waals surface area contributed by atoms with Crippen molar-refractivity contribution in [1.29, 1.82) is 0 Å². The lowest BCUT2D eigenvalue weighted by Crippen LogP contribution is -1.84. The molecule has 2 nitrogen and oxygen atoms in total. The predicted molar refractivity (Wildman–Crippen MR) is 82.1 cm³/mol. The highest BCUT2D eigenvalue weighted by Gasteiger charge is 2.14. The number of hydrogen-bond donors (Lipinski definition) is 1. The summed E-state index contributed by atoms with van der Waals surface area (Å²) in [6, 6.07) is 14.3. The molecule has 0 saturated heterocycles. The zero-order valence-corrected chi connectivity index (χ0v) is 11.7. The monoisotopic (exact) mass is 284 g/mol. The molecule has 1 heterocycles. The zero-order valence-electron chi connectivity index (χ0n) is 10.9. The molecule has 0 bridgehead atoms. The second kappa shape index (κ2) is 5.06. The van der Waals surface area contributed by atoms with E-state index in [1.807, 2.05) is 37.3 Å². The largest absolute Gasteiger partial charge is 0.399 e. The molecular formula is C16H13FN2S. The first-order chi connectivity index (χ1) is 9.65. The third-order valence-corrected chi connectivity index (χ3v) is 4.29. The lowest BCUT2D eigenvalue weighted by Gasteiger charge is -1.99. The molecule has 0 spiro atoms. The van der Waals surface area contributed by atoms with Crippen molar-refractivity contribution in [2.45, 2.75) is 6.92 Å². The van der Waals surface area contributed by atoms with Gasteiger partial charge in [0.25, 0.3) is 0 Å². The van der Waals surface area contributed by atoms with Crippen molar-refractivity contribution in [3.8, 4) is 21.0 Å². The molecule has 0 aliphatic heterocycles. The molecule has 100 valence electrons. The first kappa shape index (κ1) is 12.8. The summed E-state index contributed by atoms with van der Waals surface area (Å²) in [5.74, 6) is -0.224. The van der Waals surface area contributed by atoms with Crippen LogP contribution in [-0.2, 0) is 0 Å². The van der Waals surface area contributed by atoms with Gasteiger partial charge in [0.05, 0.1) is 10.6 Å². The molecule has 0 aliphatic carbocycles. The SMILES string of the molecule is Cc1nc(-c2cccc(N)c2)sc1-c1ccccc1F. The van der Waals surface area contributed by atoms with Gasteiger partial charge in [-0.15, -0.1) is 11.3 Å². The normalized spacial score (nSPS) is 10.7. The molecule has 3 aromatic rings. The molecule has 4 heteroatoms. The van der Waals surface area contributed by atoms with Crippen LogP contribution in [0.1, 0.15) is 5.69 Å². The molecule has 3 rings (SSSR count). The third-order valence-electron chi connectivity index (χ3n) is 3.05. The van der Waals surface area contributed by atoms with E-state index in [9.17, 15) is 4.39 Å². The van der Waals surface area contributed by atoms with Crippen LogP contribution in [0.3, 0.4) is 0 Å². The molecule has 0 aliphatic rings. The average Bonchev–Trinajstić information content (AvgIpc) is 2.81. The molecular weight excluding hydrogens is 271 g/mol. The molecule has 2 aromatic carbocycles. The Labute approximate surface area is 120 Å². The van der Waals surface area contributed by atoms with E-state index in [-0.39, 0.29) is 5.82 Å². The summed E-state index contributed by atoms with van der Waals surface area (Å²) < 4.78 is 13.9. The van der Waals surface area contributed by atoms with Crippen LogP contribution in [0.25, 0.3) is 21.0 Å². The molecule has 1 aromatic heterocycles. The number of anilines is 1. The fourth-order valence-corrected chi connectivity index (χ4v) is 3.18. The fraction of sp³-hybridized carbons (Fsp3) is 0.0625. The minimum Gasteiger partial charge on any atom is -0.399 e. The van der Waals surface area contributed by atoms with Gasteiger partial charge in [-0.3, -0.25) is 0 Å². The van der Waals surface area contributed by atoms with E-state index in [2.05, 4.69) is 4.98 Å². The predicted octanol–water partition coefficient (Wildman–Crippen LogP) is 4.51. The van der Waals surface area contributed by atoms with Gasteiger partial charge in [0.2, 0.25) is 0 Å². The highest BCUT2D eigenvalue weighted by Crippen LogP contribution is 2.36. The van der Waals surface area contributed by atoms with Gasteiger partial charge in [0.1, 0.15) is 10.8 Å². The summed E-state index contributed by atoms with van der Waals surface area (Å²) in [5.41, 5.74) is 8.87. The number of thiazole rings is 1. The Morgan fingerprint density at radius 3 is 2.65 bits per heavy atom. The first-order valence-electron chi connectivity index (χ1n) is 6.23. The van der Waals surface area contributed by atoms with Crippen LogP contribution in [0, 0.1) is 12.7 Å². The molecule has 0 saturated carbocycles. The van der Waals surface area contributed by atoms with Crippen LogP contribution in [0.2, 0.25) is 0 Å². The summed E-state index contributed by atoms with van der Waals surface area (Å²) in [6.45, 7) is 1.90. The summed E-state index contributed by atoms with van der Waals surface area (Å²) in [6.07, 6.45) is 0. The first-order valence-corrected chi connectivity index (χ1v) is 7.05. The molecule has 0 radical (unpaired) electrons. The number of aromatic nitrogens is 1. The molecule has 0 fully saturated rings. The van der Waals surface area contributed by atoms with Crippen molar-refractivity contribution in [2.75, 3.05) is 5.73 Å². The van der Waals surface area contributed by atoms with E-state index in [1.54, 1.807) is 12.1 Å². The van der Waals surface area contributed by atoms with Crippen LogP contribution in [0.4, 0.5) is 10.1 Å². The van der Waals surface area contributed by atoms with E-state index in [4.69, 9.17) is 5.73 Å². The van der Waals surface area contributed by atoms with Crippen LogP contribution in [0.15, 0.2) is 48.5 Å². The molecule has 20 heavy (non-hydrogen) atoms. The Balaban J connectivity index is 2.10. The highest BCUT2D eigenvalue weighted by molar-refractivity contribution is 7.18.